The highest BCUT2D eigenvalue weighted by Gasteiger charge is 2.33. The van der Waals surface area contributed by atoms with Crippen molar-refractivity contribution in [2.75, 3.05) is 26.2 Å². The Balaban J connectivity index is 1.79. The van der Waals surface area contributed by atoms with E-state index in [1.807, 2.05) is 0 Å². The minimum absolute atomic E-state index is 0.235. The number of carbonyl (C=O) groups is 1. The van der Waals surface area contributed by atoms with Crippen LogP contribution in [0.2, 0.25) is 0 Å². The highest BCUT2D eigenvalue weighted by Crippen LogP contribution is 2.24. The van der Waals surface area contributed by atoms with Crippen molar-refractivity contribution in [1.29, 1.82) is 0 Å². The van der Waals surface area contributed by atoms with Crippen molar-refractivity contribution in [1.82, 2.24) is 24.1 Å². The number of rotatable bonds is 3. The van der Waals surface area contributed by atoms with Crippen LogP contribution in [0.3, 0.4) is 0 Å². The molecule has 1 aliphatic rings. The number of hydrogen-bond donors (Lipinski definition) is 0. The summed E-state index contributed by atoms with van der Waals surface area (Å²) < 4.78 is 34.1. The van der Waals surface area contributed by atoms with Crippen LogP contribution in [0.15, 0.2) is 15.5 Å². The molecule has 0 saturated carbocycles. The van der Waals surface area contributed by atoms with E-state index in [0.29, 0.717) is 43.2 Å². The largest absolute Gasteiger partial charge is 0.361 e. The molecule has 0 aliphatic carbocycles. The lowest BCUT2D eigenvalue weighted by atomic mass is 10.3. The smallest absolute Gasteiger partial charge is 0.276 e. The van der Waals surface area contributed by atoms with Crippen LogP contribution in [0.25, 0.3) is 0 Å². The molecule has 142 valence electrons. The average Bonchev–Trinajstić information content (AvgIpc) is 2.99. The first-order chi connectivity index (χ1) is 12.2. The van der Waals surface area contributed by atoms with Gasteiger partial charge >= 0.3 is 0 Å². The molecule has 10 heteroatoms. The number of hydrogen-bond acceptors (Lipinski definition) is 6. The van der Waals surface area contributed by atoms with E-state index in [1.54, 1.807) is 43.5 Å². The van der Waals surface area contributed by atoms with Crippen LogP contribution in [0.5, 0.6) is 0 Å². The molecule has 0 bridgehead atoms. The highest BCUT2D eigenvalue weighted by molar-refractivity contribution is 7.89. The van der Waals surface area contributed by atoms with Gasteiger partial charge in [0.05, 0.1) is 11.4 Å². The summed E-state index contributed by atoms with van der Waals surface area (Å²) in [7, 11) is -1.93. The van der Waals surface area contributed by atoms with Crippen LogP contribution in [-0.4, -0.2) is 64.6 Å². The predicted molar refractivity (Wildman–Crippen MR) is 93.2 cm³/mol. The van der Waals surface area contributed by atoms with Crippen molar-refractivity contribution in [2.45, 2.75) is 32.1 Å². The molecular weight excluding hydrogens is 358 g/mol. The molecule has 2 aromatic rings. The summed E-state index contributed by atoms with van der Waals surface area (Å²) in [4.78, 5) is 14.4. The van der Waals surface area contributed by atoms with Gasteiger partial charge in [0.15, 0.2) is 5.69 Å². The van der Waals surface area contributed by atoms with Crippen molar-refractivity contribution in [3.63, 3.8) is 0 Å². The topological polar surface area (TPSA) is 102 Å². The molecule has 0 radical (unpaired) electrons. The quantitative estimate of drug-likeness (QED) is 0.782. The Hall–Kier alpha value is -2.20. The summed E-state index contributed by atoms with van der Waals surface area (Å²) in [6, 6.07) is 1.59. The second-order valence-electron chi connectivity index (χ2n) is 6.50. The Morgan fingerprint density at radius 2 is 1.88 bits per heavy atom. The molecule has 1 fully saturated rings. The van der Waals surface area contributed by atoms with Crippen LogP contribution in [-0.2, 0) is 17.1 Å². The van der Waals surface area contributed by atoms with E-state index >= 15 is 0 Å². The minimum Gasteiger partial charge on any atom is -0.361 e. The Kier molecular flexibility index (Phi) is 4.89. The molecule has 0 spiro atoms. The molecule has 0 unspecified atom stereocenters. The van der Waals surface area contributed by atoms with Gasteiger partial charge in [0.2, 0.25) is 10.0 Å². The van der Waals surface area contributed by atoms with Crippen LogP contribution in [0.4, 0.5) is 0 Å². The monoisotopic (exact) mass is 381 g/mol. The molecular formula is C16H23N5O4S. The molecule has 9 nitrogen and oxygen atoms in total. The zero-order chi connectivity index (χ0) is 19.1. The Labute approximate surface area is 152 Å². The molecule has 3 rings (SSSR count). The van der Waals surface area contributed by atoms with Gasteiger partial charge in [-0.3, -0.25) is 9.48 Å². The maximum Gasteiger partial charge on any atom is 0.276 e. The van der Waals surface area contributed by atoms with Gasteiger partial charge in [-0.2, -0.15) is 9.40 Å². The van der Waals surface area contributed by atoms with Crippen molar-refractivity contribution in [2.24, 2.45) is 7.05 Å². The first-order valence-corrected chi connectivity index (χ1v) is 9.88. The SMILES string of the molecule is Cc1cc(C(=O)N2CCCN(S(=O)(=O)c3c(C)nn(C)c3C)CC2)no1. The van der Waals surface area contributed by atoms with E-state index in [4.69, 9.17) is 4.52 Å². The van der Waals surface area contributed by atoms with E-state index in [2.05, 4.69) is 10.3 Å². The third kappa shape index (κ3) is 3.26. The van der Waals surface area contributed by atoms with E-state index in [0.717, 1.165) is 0 Å². The number of aryl methyl sites for hydroxylation is 3. The zero-order valence-corrected chi connectivity index (χ0v) is 16.2. The second kappa shape index (κ2) is 6.84. The Morgan fingerprint density at radius 1 is 1.15 bits per heavy atom. The fourth-order valence-corrected chi connectivity index (χ4v) is 5.09. The van der Waals surface area contributed by atoms with E-state index in [-0.39, 0.29) is 23.0 Å². The molecule has 2 aromatic heterocycles. The molecule has 1 aliphatic heterocycles. The summed E-state index contributed by atoms with van der Waals surface area (Å²) >= 11 is 0. The summed E-state index contributed by atoms with van der Waals surface area (Å²) in [5.74, 6) is 0.324. The van der Waals surface area contributed by atoms with Crippen molar-refractivity contribution >= 4 is 15.9 Å². The number of amides is 1. The van der Waals surface area contributed by atoms with Crippen LogP contribution in [0.1, 0.15) is 34.1 Å². The van der Waals surface area contributed by atoms with E-state index in [9.17, 15) is 13.2 Å². The Bertz CT molecular complexity index is 931. The molecule has 0 atom stereocenters. The second-order valence-corrected chi connectivity index (χ2v) is 8.37. The molecule has 3 heterocycles. The van der Waals surface area contributed by atoms with Crippen LogP contribution >= 0.6 is 0 Å². The molecule has 0 N–H and O–H groups in total. The van der Waals surface area contributed by atoms with Gasteiger partial charge < -0.3 is 9.42 Å². The van der Waals surface area contributed by atoms with E-state index < -0.39 is 10.0 Å². The van der Waals surface area contributed by atoms with Gasteiger partial charge in [-0.05, 0) is 27.2 Å². The maximum atomic E-state index is 13.1. The standard InChI is InChI=1S/C16H23N5O4S/c1-11-10-14(18-25-11)16(22)20-6-5-7-21(9-8-20)26(23,24)15-12(2)17-19(4)13(15)3/h10H,5-9H2,1-4H3. The van der Waals surface area contributed by atoms with Crippen LogP contribution < -0.4 is 0 Å². The number of sulfonamides is 1. The minimum atomic E-state index is -3.66. The molecule has 0 aromatic carbocycles. The first kappa shape index (κ1) is 18.6. The highest BCUT2D eigenvalue weighted by atomic mass is 32.2. The summed E-state index contributed by atoms with van der Waals surface area (Å²) in [6.45, 7) is 6.54. The third-order valence-corrected chi connectivity index (χ3v) is 6.78. The average molecular weight is 381 g/mol. The normalized spacial score (nSPS) is 16.7. The predicted octanol–water partition coefficient (Wildman–Crippen LogP) is 0.870. The van der Waals surface area contributed by atoms with Crippen molar-refractivity contribution < 1.29 is 17.7 Å². The zero-order valence-electron chi connectivity index (χ0n) is 15.4. The maximum absolute atomic E-state index is 13.1. The Morgan fingerprint density at radius 3 is 2.46 bits per heavy atom. The van der Waals surface area contributed by atoms with Gasteiger partial charge in [0, 0.05) is 39.3 Å². The van der Waals surface area contributed by atoms with Gasteiger partial charge in [-0.25, -0.2) is 8.42 Å². The van der Waals surface area contributed by atoms with Crippen LogP contribution in [0, 0.1) is 20.8 Å². The van der Waals surface area contributed by atoms with Crippen molar-refractivity contribution in [3.8, 4) is 0 Å². The fourth-order valence-electron chi connectivity index (χ4n) is 3.22. The van der Waals surface area contributed by atoms with Gasteiger partial charge in [0.25, 0.3) is 5.91 Å². The van der Waals surface area contributed by atoms with Gasteiger partial charge in [-0.15, -0.1) is 0 Å². The van der Waals surface area contributed by atoms with E-state index in [1.165, 1.54) is 4.31 Å². The van der Waals surface area contributed by atoms with Gasteiger partial charge in [0.1, 0.15) is 10.7 Å². The first-order valence-electron chi connectivity index (χ1n) is 8.44. The number of nitrogens with zero attached hydrogens (tertiary/aromatic N) is 5. The molecule has 1 saturated heterocycles. The van der Waals surface area contributed by atoms with Gasteiger partial charge in [-0.1, -0.05) is 5.16 Å². The molecule has 26 heavy (non-hydrogen) atoms. The van der Waals surface area contributed by atoms with Crippen molar-refractivity contribution in [3.05, 3.63) is 28.9 Å². The summed E-state index contributed by atoms with van der Waals surface area (Å²) in [6.07, 6.45) is 0.556. The fraction of sp³-hybridized carbons (Fsp3) is 0.562. The lowest BCUT2D eigenvalue weighted by molar-refractivity contribution is 0.0754. The lowest BCUT2D eigenvalue weighted by Crippen LogP contribution is -2.37. The number of carbonyl (C=O) groups excluding carboxylic acids is 1. The molecule has 1 amide bonds. The number of aromatic nitrogens is 3. The summed E-state index contributed by atoms with van der Waals surface area (Å²) in [5.41, 5.74) is 1.34. The summed E-state index contributed by atoms with van der Waals surface area (Å²) in [5, 5.41) is 7.96. The lowest BCUT2D eigenvalue weighted by Gasteiger charge is -2.21. The third-order valence-electron chi connectivity index (χ3n) is 4.63.